The average Bonchev–Trinajstić information content (AvgIpc) is 2.76. The molecule has 0 bridgehead atoms. The molecule has 7 nitrogen and oxygen atoms in total. The Labute approximate surface area is 218 Å². The number of aliphatic hydroxyl groups is 1. The maximum atomic E-state index is 11.2. The fourth-order valence-electron chi connectivity index (χ4n) is 3.78. The van der Waals surface area contributed by atoms with Crippen LogP contribution in [0.5, 0.6) is 0 Å². The number of carboxylic acid groups (broad SMARTS) is 1. The van der Waals surface area contributed by atoms with Crippen molar-refractivity contribution in [2.24, 2.45) is 0 Å². The van der Waals surface area contributed by atoms with Gasteiger partial charge < -0.3 is 15.5 Å². The Morgan fingerprint density at radius 2 is 1.91 bits per heavy atom. The Morgan fingerprint density at radius 3 is 2.59 bits per heavy atom. The van der Waals surface area contributed by atoms with Gasteiger partial charge in [-0.1, -0.05) is 25.3 Å². The Balaban J connectivity index is 0.00000114. The number of aryl methyl sites for hydroxylation is 3. The molecule has 2 unspecified atom stereocenters. The normalized spacial score (nSPS) is 15.6. The van der Waals surface area contributed by atoms with Crippen LogP contribution in [0.1, 0.15) is 73.5 Å². The molecule has 3 heterocycles. The third-order valence-corrected chi connectivity index (χ3v) is 5.46. The van der Waals surface area contributed by atoms with E-state index in [0.29, 0.717) is 15.3 Å². The van der Waals surface area contributed by atoms with E-state index in [1.807, 2.05) is 6.92 Å². The molecule has 32 heavy (non-hydrogen) atoms. The summed E-state index contributed by atoms with van der Waals surface area (Å²) in [5.41, 5.74) is 3.13. The Kier molecular flexibility index (Phi) is 13.4. The fourth-order valence-corrected chi connectivity index (χ4v) is 3.78. The van der Waals surface area contributed by atoms with Crippen molar-refractivity contribution in [3.63, 3.8) is 0 Å². The number of halogens is 2. The van der Waals surface area contributed by atoms with Gasteiger partial charge in [0.05, 0.1) is 6.42 Å². The fraction of sp³-hybridized carbons (Fsp3) is 0.545. The molecule has 3 N–H and O–H groups in total. The number of anilines is 1. The molecule has 0 aliphatic carbocycles. The summed E-state index contributed by atoms with van der Waals surface area (Å²) in [5, 5.41) is 22.0. The van der Waals surface area contributed by atoms with Crippen molar-refractivity contribution in [3.8, 4) is 0 Å². The Hall–Kier alpha value is -0.496. The molecule has 2 atom stereocenters. The Morgan fingerprint density at radius 1 is 1.22 bits per heavy atom. The predicted octanol–water partition coefficient (Wildman–Crippen LogP) is 5.38. The van der Waals surface area contributed by atoms with Gasteiger partial charge >= 0.3 is 55.4 Å². The van der Waals surface area contributed by atoms with Crippen molar-refractivity contribution in [2.45, 2.75) is 76.9 Å². The van der Waals surface area contributed by atoms with Gasteiger partial charge in [-0.25, -0.2) is 15.0 Å². The van der Waals surface area contributed by atoms with Crippen LogP contribution in [-0.4, -0.2) is 37.4 Å². The van der Waals surface area contributed by atoms with E-state index >= 15 is 0 Å². The first-order valence-corrected chi connectivity index (χ1v) is 19.8. The second kappa shape index (κ2) is 15.4. The van der Waals surface area contributed by atoms with Crippen LogP contribution in [0.2, 0.25) is 0 Å². The number of fused-ring (bicyclic) bond motifs is 1. The summed E-state index contributed by atoms with van der Waals surface area (Å²) >= 11 is 4.74. The predicted molar refractivity (Wildman–Crippen MR) is 139 cm³/mol. The molecule has 0 aromatic carbocycles. The van der Waals surface area contributed by atoms with Crippen LogP contribution >= 0.6 is 40.0 Å². The second-order valence-electron chi connectivity index (χ2n) is 7.88. The number of carboxylic acids is 1. The van der Waals surface area contributed by atoms with Crippen molar-refractivity contribution >= 4 is 51.7 Å². The number of aliphatic hydroxyl groups excluding tert-OH is 1. The van der Waals surface area contributed by atoms with Crippen molar-refractivity contribution in [1.29, 1.82) is 0 Å². The SMILES string of the molecule is Cc1ncc(C(CCCCCCc2ccc3c(n2)NC(O)CC3)CC(=O)O)cn1.[I][V][I]. The van der Waals surface area contributed by atoms with Crippen molar-refractivity contribution in [3.05, 3.63) is 47.2 Å². The summed E-state index contributed by atoms with van der Waals surface area (Å²) in [7, 11) is 0.628. The molecule has 0 fully saturated rings. The average molecular weight is 703 g/mol. The summed E-state index contributed by atoms with van der Waals surface area (Å²) in [6, 6.07) is 4.19. The minimum absolute atomic E-state index is 0.0343. The van der Waals surface area contributed by atoms with Crippen LogP contribution in [0.25, 0.3) is 0 Å². The van der Waals surface area contributed by atoms with Gasteiger partial charge in [0.2, 0.25) is 0 Å². The third-order valence-electron chi connectivity index (χ3n) is 5.46. The van der Waals surface area contributed by atoms with Crippen molar-refractivity contribution in [1.82, 2.24) is 15.0 Å². The molecule has 2 aromatic heterocycles. The number of carbonyl (C=O) groups is 1. The van der Waals surface area contributed by atoms with Gasteiger partial charge in [-0.05, 0) is 62.1 Å². The van der Waals surface area contributed by atoms with Gasteiger partial charge in [0.15, 0.2) is 0 Å². The number of unbranched alkanes of at least 4 members (excludes halogenated alkanes) is 3. The summed E-state index contributed by atoms with van der Waals surface area (Å²) in [6.07, 6.45) is 10.6. The molecule has 10 heteroatoms. The molecule has 175 valence electrons. The van der Waals surface area contributed by atoms with E-state index in [-0.39, 0.29) is 12.3 Å². The zero-order valence-electron chi connectivity index (χ0n) is 18.2. The number of pyridine rings is 1. The monoisotopic (exact) mass is 703 g/mol. The van der Waals surface area contributed by atoms with E-state index in [1.165, 1.54) is 5.56 Å². The van der Waals surface area contributed by atoms with Gasteiger partial charge in [-0.2, -0.15) is 0 Å². The van der Waals surface area contributed by atoms with Gasteiger partial charge in [-0.3, -0.25) is 4.79 Å². The van der Waals surface area contributed by atoms with E-state index in [4.69, 9.17) is 0 Å². The van der Waals surface area contributed by atoms with Crippen LogP contribution in [-0.2, 0) is 27.1 Å². The molecule has 2 aromatic rings. The summed E-state index contributed by atoms with van der Waals surface area (Å²) in [4.78, 5) is 24.2. The van der Waals surface area contributed by atoms with Crippen molar-refractivity contribution in [2.75, 3.05) is 5.32 Å². The van der Waals surface area contributed by atoms with E-state index in [1.54, 1.807) is 12.4 Å². The number of hydrogen-bond donors (Lipinski definition) is 3. The Bertz CT molecular complexity index is 842. The first kappa shape index (κ1) is 27.7. The number of rotatable bonds is 10. The van der Waals surface area contributed by atoms with E-state index in [2.05, 4.69) is 72.4 Å². The molecule has 3 rings (SSSR count). The molecule has 0 amide bonds. The molecular formula is C22H30I2N4O3V. The molecule has 0 saturated carbocycles. The van der Waals surface area contributed by atoms with Crippen LogP contribution in [0.4, 0.5) is 5.82 Å². The number of nitrogens with zero attached hydrogens (tertiary/aromatic N) is 3. The van der Waals surface area contributed by atoms with Crippen LogP contribution in [0, 0.1) is 6.92 Å². The third kappa shape index (κ3) is 10.2. The molecule has 1 aliphatic heterocycles. The van der Waals surface area contributed by atoms with Gasteiger partial charge in [0.1, 0.15) is 17.9 Å². The topological polar surface area (TPSA) is 108 Å². The second-order valence-corrected chi connectivity index (χ2v) is 19.7. The van der Waals surface area contributed by atoms with Crippen LogP contribution < -0.4 is 5.32 Å². The molecule has 0 radical (unpaired) electrons. The van der Waals surface area contributed by atoms with E-state index in [0.717, 1.165) is 68.4 Å². The first-order valence-electron chi connectivity index (χ1n) is 10.8. The van der Waals surface area contributed by atoms with E-state index in [9.17, 15) is 15.0 Å². The standard InChI is InChI=1S/C22H30N4O3.2HI.V/c1-15-23-13-18(14-24-15)17(12-21(28)29)6-4-2-3-5-7-19-10-8-16-9-11-20(27)26-22(16)25-19;;;/h8,10,13-14,17,20,27H,2-7,9,11-12H2,1H3,(H,25,26)(H,28,29);2*1H;/q;;;+2/p-2. The van der Waals surface area contributed by atoms with Gasteiger partial charge in [0.25, 0.3) is 0 Å². The molecular weight excluding hydrogens is 673 g/mol. The van der Waals surface area contributed by atoms with Gasteiger partial charge in [-0.15, -0.1) is 0 Å². The maximum absolute atomic E-state index is 11.2. The number of nitrogens with one attached hydrogen (secondary N) is 1. The van der Waals surface area contributed by atoms with Gasteiger partial charge in [0, 0.05) is 18.1 Å². The number of hydrogen-bond acceptors (Lipinski definition) is 6. The molecule has 0 spiro atoms. The zero-order chi connectivity index (χ0) is 23.3. The minimum atomic E-state index is -0.784. The number of aromatic nitrogens is 3. The quantitative estimate of drug-likeness (QED) is 0.226. The summed E-state index contributed by atoms with van der Waals surface area (Å²) < 4.78 is 0. The summed E-state index contributed by atoms with van der Waals surface area (Å²) in [5.74, 6) is 0.696. The van der Waals surface area contributed by atoms with E-state index < -0.39 is 12.2 Å². The molecule has 1 aliphatic rings. The zero-order valence-corrected chi connectivity index (χ0v) is 23.9. The first-order chi connectivity index (χ1) is 15.4. The summed E-state index contributed by atoms with van der Waals surface area (Å²) in [6.45, 7) is 1.82. The van der Waals surface area contributed by atoms with Crippen LogP contribution in [0.3, 0.4) is 0 Å². The molecule has 0 saturated heterocycles. The van der Waals surface area contributed by atoms with Crippen LogP contribution in [0.15, 0.2) is 24.5 Å². The number of aliphatic carboxylic acids is 1. The van der Waals surface area contributed by atoms with Crippen molar-refractivity contribution < 1.29 is 24.5 Å².